The lowest BCUT2D eigenvalue weighted by Crippen LogP contribution is -2.10. The van der Waals surface area contributed by atoms with Crippen LogP contribution in [0.5, 0.6) is 5.75 Å². The van der Waals surface area contributed by atoms with Crippen LogP contribution < -0.4 is 4.74 Å². The first-order chi connectivity index (χ1) is 8.69. The summed E-state index contributed by atoms with van der Waals surface area (Å²) < 4.78 is 7.53. The lowest BCUT2D eigenvalue weighted by atomic mass is 10.2. The lowest BCUT2D eigenvalue weighted by molar-refractivity contribution is 0.289. The van der Waals surface area contributed by atoms with E-state index in [1.54, 1.807) is 24.3 Å². The van der Waals surface area contributed by atoms with Gasteiger partial charge >= 0.3 is 0 Å². The number of aromatic nitrogens is 2. The number of hydrogen-bond donors (Lipinski definition) is 0. The van der Waals surface area contributed by atoms with Crippen molar-refractivity contribution >= 4 is 0 Å². The van der Waals surface area contributed by atoms with Gasteiger partial charge in [-0.3, -0.25) is 4.68 Å². The molecule has 0 spiro atoms. The van der Waals surface area contributed by atoms with Crippen molar-refractivity contribution in [1.82, 2.24) is 9.78 Å². The number of ether oxygens (including phenoxy) is 1. The molecule has 0 bridgehead atoms. The van der Waals surface area contributed by atoms with Crippen molar-refractivity contribution in [1.29, 1.82) is 5.26 Å². The molecule has 2 rings (SSSR count). The highest BCUT2D eigenvalue weighted by molar-refractivity contribution is 5.34. The van der Waals surface area contributed by atoms with Crippen LogP contribution in [0.2, 0.25) is 0 Å². The Morgan fingerprint density at radius 1 is 1.28 bits per heavy atom. The summed E-state index contributed by atoms with van der Waals surface area (Å²) in [5.74, 6) is 0.774. The second-order valence-corrected chi connectivity index (χ2v) is 4.13. The second-order valence-electron chi connectivity index (χ2n) is 4.13. The van der Waals surface area contributed by atoms with Gasteiger partial charge in [-0.05, 0) is 44.2 Å². The zero-order valence-corrected chi connectivity index (χ0v) is 10.6. The van der Waals surface area contributed by atoms with E-state index in [4.69, 9.17) is 10.00 Å². The molecule has 0 amide bonds. The minimum Gasteiger partial charge on any atom is -0.492 e. The normalized spacial score (nSPS) is 10.1. The summed E-state index contributed by atoms with van der Waals surface area (Å²) in [5.41, 5.74) is 2.79. The van der Waals surface area contributed by atoms with Gasteiger partial charge in [0.2, 0.25) is 0 Å². The van der Waals surface area contributed by atoms with E-state index in [0.717, 1.165) is 23.7 Å². The van der Waals surface area contributed by atoms with Crippen LogP contribution in [-0.2, 0) is 6.54 Å². The Balaban J connectivity index is 1.88. The van der Waals surface area contributed by atoms with Gasteiger partial charge in [0.05, 0.1) is 23.9 Å². The van der Waals surface area contributed by atoms with E-state index in [2.05, 4.69) is 11.2 Å². The Hall–Kier alpha value is -2.28. The molecule has 4 nitrogen and oxygen atoms in total. The average Bonchev–Trinajstić information content (AvgIpc) is 2.69. The zero-order valence-electron chi connectivity index (χ0n) is 10.6. The first kappa shape index (κ1) is 12.2. The molecule has 1 aromatic heterocycles. The molecule has 92 valence electrons. The molecule has 0 N–H and O–H groups in total. The number of hydrogen-bond acceptors (Lipinski definition) is 3. The summed E-state index contributed by atoms with van der Waals surface area (Å²) in [7, 11) is 0. The van der Waals surface area contributed by atoms with Crippen LogP contribution in [0, 0.1) is 25.2 Å². The van der Waals surface area contributed by atoms with Gasteiger partial charge in [0.25, 0.3) is 0 Å². The van der Waals surface area contributed by atoms with Crippen molar-refractivity contribution in [2.24, 2.45) is 0 Å². The third kappa shape index (κ3) is 2.89. The molecule has 0 saturated heterocycles. The van der Waals surface area contributed by atoms with E-state index in [-0.39, 0.29) is 0 Å². The molecular weight excluding hydrogens is 226 g/mol. The highest BCUT2D eigenvalue weighted by Gasteiger charge is 2.01. The molecule has 1 heterocycles. The van der Waals surface area contributed by atoms with Gasteiger partial charge in [-0.2, -0.15) is 10.4 Å². The molecule has 0 aliphatic heterocycles. The van der Waals surface area contributed by atoms with Crippen LogP contribution in [0.1, 0.15) is 17.0 Å². The van der Waals surface area contributed by atoms with Crippen LogP contribution in [0.25, 0.3) is 0 Å². The molecule has 4 heteroatoms. The quantitative estimate of drug-likeness (QED) is 0.826. The van der Waals surface area contributed by atoms with Crippen LogP contribution >= 0.6 is 0 Å². The Kier molecular flexibility index (Phi) is 3.63. The zero-order chi connectivity index (χ0) is 13.0. The van der Waals surface area contributed by atoms with Crippen molar-refractivity contribution in [3.8, 4) is 11.8 Å². The van der Waals surface area contributed by atoms with Gasteiger partial charge in [-0.1, -0.05) is 0 Å². The smallest absolute Gasteiger partial charge is 0.119 e. The van der Waals surface area contributed by atoms with Gasteiger partial charge in [-0.15, -0.1) is 0 Å². The number of nitrogens with zero attached hydrogens (tertiary/aromatic N) is 3. The first-order valence-electron chi connectivity index (χ1n) is 5.83. The molecule has 1 aromatic carbocycles. The third-order valence-electron chi connectivity index (χ3n) is 2.66. The molecule has 0 atom stereocenters. The third-order valence-corrected chi connectivity index (χ3v) is 2.66. The Bertz CT molecular complexity index is 564. The molecule has 2 aromatic rings. The molecule has 0 radical (unpaired) electrons. The van der Waals surface area contributed by atoms with E-state index in [1.165, 1.54) is 0 Å². The summed E-state index contributed by atoms with van der Waals surface area (Å²) in [6.07, 6.45) is 0. The Morgan fingerprint density at radius 2 is 2.00 bits per heavy atom. The highest BCUT2D eigenvalue weighted by atomic mass is 16.5. The molecule has 0 unspecified atom stereocenters. The fourth-order valence-electron chi connectivity index (χ4n) is 1.78. The van der Waals surface area contributed by atoms with E-state index < -0.39 is 0 Å². The van der Waals surface area contributed by atoms with Gasteiger partial charge in [0.1, 0.15) is 12.4 Å². The van der Waals surface area contributed by atoms with Gasteiger partial charge < -0.3 is 4.74 Å². The monoisotopic (exact) mass is 241 g/mol. The summed E-state index contributed by atoms with van der Waals surface area (Å²) in [4.78, 5) is 0. The van der Waals surface area contributed by atoms with Crippen molar-refractivity contribution in [2.75, 3.05) is 6.61 Å². The summed E-state index contributed by atoms with van der Waals surface area (Å²) in [6.45, 7) is 5.29. The van der Waals surface area contributed by atoms with Crippen LogP contribution in [0.15, 0.2) is 30.3 Å². The van der Waals surface area contributed by atoms with Crippen molar-refractivity contribution in [2.45, 2.75) is 20.4 Å². The average molecular weight is 241 g/mol. The molecule has 0 fully saturated rings. The van der Waals surface area contributed by atoms with Crippen LogP contribution in [-0.4, -0.2) is 16.4 Å². The molecule has 0 saturated carbocycles. The fraction of sp³-hybridized carbons (Fsp3) is 0.286. The van der Waals surface area contributed by atoms with Crippen LogP contribution in [0.3, 0.4) is 0 Å². The van der Waals surface area contributed by atoms with Crippen molar-refractivity contribution in [3.63, 3.8) is 0 Å². The molecule has 18 heavy (non-hydrogen) atoms. The molecule has 0 aliphatic rings. The van der Waals surface area contributed by atoms with Gasteiger partial charge in [-0.25, -0.2) is 0 Å². The standard InChI is InChI=1S/C14H15N3O/c1-11-9-12(2)17(16-11)7-8-18-14-5-3-13(10-15)4-6-14/h3-6,9H,7-8H2,1-2H3. The number of nitriles is 1. The minimum absolute atomic E-state index is 0.563. The molecule has 0 aliphatic carbocycles. The van der Waals surface area contributed by atoms with Crippen molar-refractivity contribution in [3.05, 3.63) is 47.3 Å². The lowest BCUT2D eigenvalue weighted by Gasteiger charge is -2.07. The SMILES string of the molecule is Cc1cc(C)n(CCOc2ccc(C#N)cc2)n1. The highest BCUT2D eigenvalue weighted by Crippen LogP contribution is 2.11. The maximum atomic E-state index is 8.68. The predicted molar refractivity (Wildman–Crippen MR) is 68.4 cm³/mol. The molecular formula is C14H15N3O. The van der Waals surface area contributed by atoms with Crippen molar-refractivity contribution < 1.29 is 4.74 Å². The van der Waals surface area contributed by atoms with E-state index in [9.17, 15) is 0 Å². The second kappa shape index (κ2) is 5.37. The van der Waals surface area contributed by atoms with Crippen LogP contribution in [0.4, 0.5) is 0 Å². The Morgan fingerprint density at radius 3 is 2.56 bits per heavy atom. The maximum Gasteiger partial charge on any atom is 0.119 e. The maximum absolute atomic E-state index is 8.68. The Labute approximate surface area is 106 Å². The fourth-order valence-corrected chi connectivity index (χ4v) is 1.78. The van der Waals surface area contributed by atoms with E-state index in [1.807, 2.05) is 24.6 Å². The topological polar surface area (TPSA) is 50.8 Å². The largest absolute Gasteiger partial charge is 0.492 e. The first-order valence-corrected chi connectivity index (χ1v) is 5.83. The van der Waals surface area contributed by atoms with Gasteiger partial charge in [0, 0.05) is 5.69 Å². The summed E-state index contributed by atoms with van der Waals surface area (Å²) >= 11 is 0. The van der Waals surface area contributed by atoms with Gasteiger partial charge in [0.15, 0.2) is 0 Å². The number of rotatable bonds is 4. The minimum atomic E-state index is 0.563. The predicted octanol–water partition coefficient (Wildman–Crippen LogP) is 2.45. The van der Waals surface area contributed by atoms with E-state index in [0.29, 0.717) is 12.2 Å². The number of aryl methyl sites for hydroxylation is 2. The van der Waals surface area contributed by atoms with E-state index >= 15 is 0 Å². The summed E-state index contributed by atoms with van der Waals surface area (Å²) in [5, 5.41) is 13.0. The number of benzene rings is 1. The summed E-state index contributed by atoms with van der Waals surface area (Å²) in [6, 6.07) is 11.2.